The first-order chi connectivity index (χ1) is 7.32. The van der Waals surface area contributed by atoms with E-state index in [1.807, 2.05) is 0 Å². The third-order valence-electron chi connectivity index (χ3n) is 2.00. The molecule has 88 valence electrons. The number of nitrogens with one attached hydrogen (secondary N) is 1. The molecule has 1 rings (SSSR count). The number of carboxylic acid groups (broad SMARTS) is 1. The van der Waals surface area contributed by atoms with Crippen LogP contribution in [0, 0.1) is 6.92 Å². The molecule has 1 heterocycles. The van der Waals surface area contributed by atoms with Gasteiger partial charge < -0.3 is 14.9 Å². The van der Waals surface area contributed by atoms with E-state index >= 15 is 0 Å². The van der Waals surface area contributed by atoms with Crippen LogP contribution in [-0.4, -0.2) is 27.7 Å². The summed E-state index contributed by atoms with van der Waals surface area (Å²) in [5.74, 6) is -1.32. The first-order valence-corrected chi connectivity index (χ1v) is 4.77. The molecule has 0 aliphatic rings. The van der Waals surface area contributed by atoms with Crippen molar-refractivity contribution in [3.8, 4) is 0 Å². The molecule has 0 bridgehead atoms. The van der Waals surface area contributed by atoms with Gasteiger partial charge >= 0.3 is 5.97 Å². The van der Waals surface area contributed by atoms with Gasteiger partial charge in [0.1, 0.15) is 0 Å². The van der Waals surface area contributed by atoms with Gasteiger partial charge in [-0.25, -0.2) is 0 Å². The van der Waals surface area contributed by atoms with E-state index in [1.165, 1.54) is 6.20 Å². The van der Waals surface area contributed by atoms with E-state index in [9.17, 15) is 9.59 Å². The van der Waals surface area contributed by atoms with E-state index in [4.69, 9.17) is 9.63 Å². The third-order valence-corrected chi connectivity index (χ3v) is 2.00. The minimum Gasteiger partial charge on any atom is -0.481 e. The van der Waals surface area contributed by atoms with Gasteiger partial charge in [-0.3, -0.25) is 9.59 Å². The molecule has 0 unspecified atom stereocenters. The van der Waals surface area contributed by atoms with Gasteiger partial charge in [0.05, 0.1) is 12.6 Å². The molecule has 6 heteroatoms. The lowest BCUT2D eigenvalue weighted by molar-refractivity contribution is -0.138. The number of carbonyl (C=O) groups is 2. The minimum absolute atomic E-state index is 0.110. The zero-order valence-corrected chi connectivity index (χ0v) is 9.40. The van der Waals surface area contributed by atoms with Crippen LogP contribution in [0.1, 0.15) is 36.4 Å². The molecule has 0 saturated carbocycles. The molecule has 1 amide bonds. The van der Waals surface area contributed by atoms with Gasteiger partial charge in [-0.2, -0.15) is 0 Å². The standard InChI is InChI=1S/C10H14N2O4/c1-6-5-11-16-8(6)9(15)12-10(2,3)4-7(13)14/h5H,4H2,1-3H3,(H,12,15)(H,13,14). The van der Waals surface area contributed by atoms with Crippen molar-refractivity contribution < 1.29 is 19.2 Å². The molecule has 2 N–H and O–H groups in total. The Morgan fingerprint density at radius 1 is 1.56 bits per heavy atom. The molecule has 0 aliphatic heterocycles. The highest BCUT2D eigenvalue weighted by atomic mass is 16.5. The Morgan fingerprint density at radius 3 is 2.62 bits per heavy atom. The fourth-order valence-corrected chi connectivity index (χ4v) is 1.30. The van der Waals surface area contributed by atoms with Crippen molar-refractivity contribution in [3.63, 3.8) is 0 Å². The quantitative estimate of drug-likeness (QED) is 0.797. The number of aliphatic carboxylic acids is 1. The molecule has 1 aromatic heterocycles. The number of hydrogen-bond acceptors (Lipinski definition) is 4. The summed E-state index contributed by atoms with van der Waals surface area (Å²) < 4.78 is 4.77. The predicted molar refractivity (Wildman–Crippen MR) is 55.0 cm³/mol. The molecule has 0 saturated heterocycles. The zero-order chi connectivity index (χ0) is 12.3. The van der Waals surface area contributed by atoms with E-state index < -0.39 is 17.4 Å². The number of nitrogens with zero attached hydrogens (tertiary/aromatic N) is 1. The van der Waals surface area contributed by atoms with Crippen LogP contribution in [0.5, 0.6) is 0 Å². The van der Waals surface area contributed by atoms with Crippen molar-refractivity contribution in [1.29, 1.82) is 0 Å². The normalized spacial score (nSPS) is 11.2. The number of hydrogen-bond donors (Lipinski definition) is 2. The van der Waals surface area contributed by atoms with Crippen LogP contribution in [0.15, 0.2) is 10.7 Å². The monoisotopic (exact) mass is 226 g/mol. The van der Waals surface area contributed by atoms with E-state index in [-0.39, 0.29) is 12.2 Å². The number of aromatic nitrogens is 1. The average molecular weight is 226 g/mol. The van der Waals surface area contributed by atoms with Crippen LogP contribution >= 0.6 is 0 Å². The molecular formula is C10H14N2O4. The van der Waals surface area contributed by atoms with E-state index in [2.05, 4.69) is 10.5 Å². The average Bonchev–Trinajstić information content (AvgIpc) is 2.47. The summed E-state index contributed by atoms with van der Waals surface area (Å²) in [6.45, 7) is 4.95. The Bertz CT molecular complexity index is 409. The van der Waals surface area contributed by atoms with Crippen molar-refractivity contribution in [2.45, 2.75) is 32.7 Å². The molecule has 0 atom stereocenters. The maximum Gasteiger partial charge on any atom is 0.305 e. The number of rotatable bonds is 4. The van der Waals surface area contributed by atoms with Crippen molar-refractivity contribution >= 4 is 11.9 Å². The Hall–Kier alpha value is -1.85. The lowest BCUT2D eigenvalue weighted by atomic mass is 10.0. The van der Waals surface area contributed by atoms with Crippen LogP contribution in [0.4, 0.5) is 0 Å². The number of carbonyl (C=O) groups excluding carboxylic acids is 1. The fraction of sp³-hybridized carbons (Fsp3) is 0.500. The summed E-state index contributed by atoms with van der Waals surface area (Å²) in [7, 11) is 0. The molecular weight excluding hydrogens is 212 g/mol. The minimum atomic E-state index is -0.973. The summed E-state index contributed by atoms with van der Waals surface area (Å²) in [5, 5.41) is 14.7. The highest BCUT2D eigenvalue weighted by Crippen LogP contribution is 2.12. The highest BCUT2D eigenvalue weighted by molar-refractivity contribution is 5.93. The Kier molecular flexibility index (Phi) is 3.31. The Morgan fingerprint density at radius 2 is 2.19 bits per heavy atom. The van der Waals surface area contributed by atoms with Gasteiger partial charge in [-0.05, 0) is 20.8 Å². The van der Waals surface area contributed by atoms with Crippen molar-refractivity contribution in [1.82, 2.24) is 10.5 Å². The topological polar surface area (TPSA) is 92.4 Å². The van der Waals surface area contributed by atoms with Crippen LogP contribution in [-0.2, 0) is 4.79 Å². The predicted octanol–water partition coefficient (Wildman–Crippen LogP) is 0.966. The SMILES string of the molecule is Cc1cnoc1C(=O)NC(C)(C)CC(=O)O. The van der Waals surface area contributed by atoms with Gasteiger partial charge in [0.15, 0.2) is 0 Å². The number of amides is 1. The molecule has 0 spiro atoms. The number of carboxylic acids is 1. The molecule has 0 aromatic carbocycles. The second-order valence-corrected chi connectivity index (χ2v) is 4.25. The van der Waals surface area contributed by atoms with Crippen LogP contribution in [0.25, 0.3) is 0 Å². The molecule has 1 aromatic rings. The van der Waals surface area contributed by atoms with Gasteiger partial charge in [0, 0.05) is 11.1 Å². The van der Waals surface area contributed by atoms with Crippen LogP contribution in [0.3, 0.4) is 0 Å². The summed E-state index contributed by atoms with van der Waals surface area (Å²) in [6, 6.07) is 0. The molecule has 16 heavy (non-hydrogen) atoms. The van der Waals surface area contributed by atoms with Gasteiger partial charge in [-0.1, -0.05) is 5.16 Å². The van der Waals surface area contributed by atoms with Gasteiger partial charge in [0.25, 0.3) is 5.91 Å². The zero-order valence-electron chi connectivity index (χ0n) is 9.40. The maximum absolute atomic E-state index is 11.7. The summed E-state index contributed by atoms with van der Waals surface area (Å²) in [5.41, 5.74) is -0.217. The molecule has 6 nitrogen and oxygen atoms in total. The largest absolute Gasteiger partial charge is 0.481 e. The first kappa shape index (κ1) is 12.2. The highest BCUT2D eigenvalue weighted by Gasteiger charge is 2.26. The first-order valence-electron chi connectivity index (χ1n) is 4.77. The van der Waals surface area contributed by atoms with E-state index in [1.54, 1.807) is 20.8 Å². The second kappa shape index (κ2) is 4.34. The van der Waals surface area contributed by atoms with Gasteiger partial charge in [-0.15, -0.1) is 0 Å². The molecule has 0 fully saturated rings. The summed E-state index contributed by atoms with van der Waals surface area (Å²) >= 11 is 0. The second-order valence-electron chi connectivity index (χ2n) is 4.25. The summed E-state index contributed by atoms with van der Waals surface area (Å²) in [4.78, 5) is 22.2. The van der Waals surface area contributed by atoms with Crippen LogP contribution in [0.2, 0.25) is 0 Å². The van der Waals surface area contributed by atoms with Crippen molar-refractivity contribution in [2.75, 3.05) is 0 Å². The molecule has 0 radical (unpaired) electrons. The Labute approximate surface area is 92.6 Å². The lowest BCUT2D eigenvalue weighted by Gasteiger charge is -2.23. The van der Waals surface area contributed by atoms with E-state index in [0.717, 1.165) is 0 Å². The van der Waals surface area contributed by atoms with E-state index in [0.29, 0.717) is 5.56 Å². The van der Waals surface area contributed by atoms with Crippen molar-refractivity contribution in [3.05, 3.63) is 17.5 Å². The van der Waals surface area contributed by atoms with Gasteiger partial charge in [0.2, 0.25) is 5.76 Å². The summed E-state index contributed by atoms with van der Waals surface area (Å²) in [6.07, 6.45) is 1.27. The molecule has 0 aliphatic carbocycles. The Balaban J connectivity index is 2.71. The number of aryl methyl sites for hydroxylation is 1. The third kappa shape index (κ3) is 3.08. The smallest absolute Gasteiger partial charge is 0.305 e. The lowest BCUT2D eigenvalue weighted by Crippen LogP contribution is -2.45. The fourth-order valence-electron chi connectivity index (χ4n) is 1.30. The van der Waals surface area contributed by atoms with Crippen molar-refractivity contribution in [2.24, 2.45) is 0 Å². The maximum atomic E-state index is 11.7. The van der Waals surface area contributed by atoms with Crippen LogP contribution < -0.4 is 5.32 Å².